The molecule has 0 atom stereocenters. The molecule has 0 heterocycles. The Morgan fingerprint density at radius 1 is 0.545 bits per heavy atom. The maximum absolute atomic E-state index is 5.86. The Labute approximate surface area is 154 Å². The lowest BCUT2D eigenvalue weighted by Gasteiger charge is -2.06. The van der Waals surface area contributed by atoms with Gasteiger partial charge in [-0.15, -0.1) is 39.8 Å². The van der Waals surface area contributed by atoms with Gasteiger partial charge in [0.1, 0.15) is 0 Å². The third-order valence-corrected chi connectivity index (χ3v) is 6.74. The number of allylic oxidation sites excluding steroid dienone is 1. The first-order valence-corrected chi connectivity index (χ1v) is 14.5. The van der Waals surface area contributed by atoms with Gasteiger partial charge in [-0.25, -0.2) is 0 Å². The van der Waals surface area contributed by atoms with Gasteiger partial charge in [-0.05, 0) is 18.9 Å². The fraction of sp³-hybridized carbons (Fsp3) is 0.889. The van der Waals surface area contributed by atoms with Crippen LogP contribution in [0.5, 0.6) is 0 Å². The smallest absolute Gasteiger partial charge is 0.126 e. The number of rotatable bonds is 17. The molecular formula is C18H35Cl3Si. The standard InChI is InChI=1S/C18H35Cl3Si/c1-2-3-4-5-6-7-8-9-10-11-12-13-14-15-16-17-18-22(19,20)21/h2H,1,3-18H2. The molecular weight excluding hydrogens is 351 g/mol. The van der Waals surface area contributed by atoms with Gasteiger partial charge >= 0.3 is 6.00 Å². The van der Waals surface area contributed by atoms with Crippen molar-refractivity contribution in [1.82, 2.24) is 0 Å². The second-order valence-corrected chi connectivity index (χ2v) is 15.7. The van der Waals surface area contributed by atoms with Gasteiger partial charge in [-0.3, -0.25) is 0 Å². The van der Waals surface area contributed by atoms with Crippen LogP contribution in [0.2, 0.25) is 6.04 Å². The monoisotopic (exact) mass is 384 g/mol. The van der Waals surface area contributed by atoms with E-state index in [0.717, 1.165) is 12.5 Å². The van der Waals surface area contributed by atoms with Gasteiger partial charge in [-0.2, -0.15) is 0 Å². The molecule has 4 heteroatoms. The van der Waals surface area contributed by atoms with Crippen LogP contribution >= 0.6 is 33.2 Å². The minimum absolute atomic E-state index is 0.825. The lowest BCUT2D eigenvalue weighted by Crippen LogP contribution is -2.07. The molecule has 0 bridgehead atoms. The summed E-state index contributed by atoms with van der Waals surface area (Å²) in [6.45, 7) is 3.76. The van der Waals surface area contributed by atoms with Crippen LogP contribution < -0.4 is 0 Å². The molecule has 0 saturated heterocycles. The molecule has 0 saturated carbocycles. The Balaban J connectivity index is 3.01. The van der Waals surface area contributed by atoms with E-state index in [-0.39, 0.29) is 0 Å². The highest BCUT2D eigenvalue weighted by molar-refractivity contribution is 7.64. The van der Waals surface area contributed by atoms with Crippen LogP contribution in [0.15, 0.2) is 12.7 Å². The van der Waals surface area contributed by atoms with E-state index in [2.05, 4.69) is 6.58 Å². The Kier molecular flexibility index (Phi) is 17.3. The second-order valence-electron chi connectivity index (χ2n) is 6.39. The van der Waals surface area contributed by atoms with Crippen molar-refractivity contribution in [3.8, 4) is 0 Å². The van der Waals surface area contributed by atoms with Crippen molar-refractivity contribution in [3.63, 3.8) is 0 Å². The van der Waals surface area contributed by atoms with E-state index < -0.39 is 6.00 Å². The van der Waals surface area contributed by atoms with Crippen molar-refractivity contribution >= 4 is 39.2 Å². The zero-order chi connectivity index (χ0) is 16.5. The molecule has 0 N–H and O–H groups in total. The Hall–Kier alpha value is 0.827. The zero-order valence-corrected chi connectivity index (χ0v) is 17.5. The van der Waals surface area contributed by atoms with Gasteiger partial charge < -0.3 is 0 Å². The Morgan fingerprint density at radius 3 is 1.18 bits per heavy atom. The topological polar surface area (TPSA) is 0 Å². The fourth-order valence-electron chi connectivity index (χ4n) is 2.74. The summed E-state index contributed by atoms with van der Waals surface area (Å²) in [5.74, 6) is 0. The molecule has 0 aromatic heterocycles. The summed E-state index contributed by atoms with van der Waals surface area (Å²) in [6.07, 6.45) is 22.2. The SMILES string of the molecule is C=CCCCCCCCCCCCCCCCC[Si](Cl)(Cl)Cl. The van der Waals surface area contributed by atoms with Crippen LogP contribution in [0.25, 0.3) is 0 Å². The van der Waals surface area contributed by atoms with Crippen molar-refractivity contribution < 1.29 is 0 Å². The molecule has 0 aromatic rings. The number of hydrogen-bond donors (Lipinski definition) is 0. The first-order chi connectivity index (χ1) is 10.6. The van der Waals surface area contributed by atoms with Crippen LogP contribution in [0, 0.1) is 0 Å². The summed E-state index contributed by atoms with van der Waals surface area (Å²) in [7, 11) is 0. The van der Waals surface area contributed by atoms with Crippen LogP contribution in [0.1, 0.15) is 96.3 Å². The van der Waals surface area contributed by atoms with E-state index >= 15 is 0 Å². The fourth-order valence-corrected chi connectivity index (χ4v) is 4.59. The maximum atomic E-state index is 5.86. The second kappa shape index (κ2) is 16.7. The summed E-state index contributed by atoms with van der Waals surface area (Å²) in [6, 6.07) is -1.53. The molecule has 0 fully saturated rings. The molecule has 0 aliphatic carbocycles. The number of hydrogen-bond acceptors (Lipinski definition) is 0. The van der Waals surface area contributed by atoms with Crippen molar-refractivity contribution in [2.75, 3.05) is 0 Å². The predicted molar refractivity (Wildman–Crippen MR) is 108 cm³/mol. The van der Waals surface area contributed by atoms with E-state index in [9.17, 15) is 0 Å². The van der Waals surface area contributed by atoms with Gasteiger partial charge in [-0.1, -0.05) is 89.5 Å². The normalized spacial score (nSPS) is 11.8. The molecule has 0 aromatic carbocycles. The summed E-state index contributed by atoms with van der Waals surface area (Å²) in [5, 5.41) is 0. The molecule has 0 rings (SSSR count). The van der Waals surface area contributed by atoms with Crippen LogP contribution in [0.3, 0.4) is 0 Å². The lowest BCUT2D eigenvalue weighted by atomic mass is 10.0. The molecule has 0 radical (unpaired) electrons. The minimum atomic E-state index is -2.35. The molecule has 0 amide bonds. The number of unbranched alkanes of at least 4 members (excludes halogenated alkanes) is 14. The summed E-state index contributed by atoms with van der Waals surface area (Å²) >= 11 is 17.6. The molecule has 22 heavy (non-hydrogen) atoms. The first-order valence-electron chi connectivity index (χ1n) is 9.24. The molecule has 0 aliphatic heterocycles. The molecule has 0 nitrogen and oxygen atoms in total. The summed E-state index contributed by atoms with van der Waals surface area (Å²) < 4.78 is 0. The van der Waals surface area contributed by atoms with E-state index in [4.69, 9.17) is 33.2 Å². The quantitative estimate of drug-likeness (QED) is 0.102. The summed E-state index contributed by atoms with van der Waals surface area (Å²) in [4.78, 5) is 0. The van der Waals surface area contributed by atoms with Crippen molar-refractivity contribution in [2.24, 2.45) is 0 Å². The van der Waals surface area contributed by atoms with Crippen molar-refractivity contribution in [1.29, 1.82) is 0 Å². The van der Waals surface area contributed by atoms with Gasteiger partial charge in [0.25, 0.3) is 0 Å². The van der Waals surface area contributed by atoms with E-state index in [1.54, 1.807) is 0 Å². The van der Waals surface area contributed by atoms with Crippen LogP contribution in [-0.2, 0) is 0 Å². The summed E-state index contributed by atoms with van der Waals surface area (Å²) in [5.41, 5.74) is 0. The van der Waals surface area contributed by atoms with Gasteiger partial charge in [0, 0.05) is 0 Å². The van der Waals surface area contributed by atoms with Crippen molar-refractivity contribution in [3.05, 3.63) is 12.7 Å². The van der Waals surface area contributed by atoms with Crippen molar-refractivity contribution in [2.45, 2.75) is 102 Å². The third kappa shape index (κ3) is 20.8. The van der Waals surface area contributed by atoms with Gasteiger partial charge in [0.15, 0.2) is 0 Å². The Bertz CT molecular complexity index is 239. The molecule has 0 aliphatic rings. The largest absolute Gasteiger partial charge is 0.341 e. The van der Waals surface area contributed by atoms with E-state index in [1.165, 1.54) is 89.9 Å². The van der Waals surface area contributed by atoms with E-state index in [1.807, 2.05) is 6.08 Å². The zero-order valence-electron chi connectivity index (χ0n) is 14.2. The average molecular weight is 386 g/mol. The Morgan fingerprint density at radius 2 is 0.864 bits per heavy atom. The van der Waals surface area contributed by atoms with E-state index in [0.29, 0.717) is 0 Å². The highest BCUT2D eigenvalue weighted by Gasteiger charge is 2.23. The van der Waals surface area contributed by atoms with Gasteiger partial charge in [0.05, 0.1) is 0 Å². The highest BCUT2D eigenvalue weighted by atomic mass is 35.8. The average Bonchev–Trinajstić information content (AvgIpc) is 2.45. The number of halogens is 3. The minimum Gasteiger partial charge on any atom is -0.126 e. The highest BCUT2D eigenvalue weighted by Crippen LogP contribution is 2.27. The van der Waals surface area contributed by atoms with Gasteiger partial charge in [0.2, 0.25) is 0 Å². The first kappa shape index (κ1) is 22.8. The lowest BCUT2D eigenvalue weighted by molar-refractivity contribution is 0.536. The maximum Gasteiger partial charge on any atom is 0.341 e. The third-order valence-electron chi connectivity index (χ3n) is 4.12. The van der Waals surface area contributed by atoms with Crippen LogP contribution in [-0.4, -0.2) is 6.00 Å². The molecule has 132 valence electrons. The molecule has 0 unspecified atom stereocenters. The predicted octanol–water partition coefficient (Wildman–Crippen LogP) is 8.68. The molecule has 0 spiro atoms. The van der Waals surface area contributed by atoms with Crippen LogP contribution in [0.4, 0.5) is 0 Å².